The Morgan fingerprint density at radius 2 is 1.88 bits per heavy atom. The standard InChI is InChI=1S/C17H18N6S/c1-11-9-13(18)3-5-15(11)21-20-14-4-6-16(12(2)10-14)22-23-17-19-7-8-24-17/h3-10,20-21H,18H2,1-2H3/b23-22+. The number of rotatable bonds is 5. The van der Waals surface area contributed by atoms with Crippen molar-refractivity contribution < 1.29 is 0 Å². The van der Waals surface area contributed by atoms with Crippen molar-refractivity contribution in [1.82, 2.24) is 4.98 Å². The van der Waals surface area contributed by atoms with E-state index in [9.17, 15) is 0 Å². The molecule has 4 N–H and O–H groups in total. The molecule has 7 heteroatoms. The molecule has 0 saturated carbocycles. The fourth-order valence-corrected chi connectivity index (χ4v) is 2.63. The lowest BCUT2D eigenvalue weighted by atomic mass is 10.2. The molecule has 1 heterocycles. The lowest BCUT2D eigenvalue weighted by Gasteiger charge is -2.13. The Kier molecular flexibility index (Phi) is 4.72. The average molecular weight is 338 g/mol. The van der Waals surface area contributed by atoms with Gasteiger partial charge >= 0.3 is 0 Å². The first-order chi connectivity index (χ1) is 11.6. The fraction of sp³-hybridized carbons (Fsp3) is 0.118. The first-order valence-corrected chi connectivity index (χ1v) is 8.30. The molecule has 24 heavy (non-hydrogen) atoms. The van der Waals surface area contributed by atoms with E-state index in [4.69, 9.17) is 5.73 Å². The molecule has 0 aliphatic heterocycles. The summed E-state index contributed by atoms with van der Waals surface area (Å²) >= 11 is 1.46. The van der Waals surface area contributed by atoms with Crippen molar-refractivity contribution in [2.75, 3.05) is 16.6 Å². The van der Waals surface area contributed by atoms with Gasteiger partial charge in [-0.2, -0.15) is 0 Å². The number of nitrogens with zero attached hydrogens (tertiary/aromatic N) is 3. The fourth-order valence-electron chi connectivity index (χ4n) is 2.17. The van der Waals surface area contributed by atoms with Gasteiger partial charge in [0, 0.05) is 17.3 Å². The summed E-state index contributed by atoms with van der Waals surface area (Å²) in [5.41, 5.74) is 17.7. The second-order valence-electron chi connectivity index (χ2n) is 5.34. The van der Waals surface area contributed by atoms with Crippen molar-refractivity contribution in [3.63, 3.8) is 0 Å². The number of nitrogens with one attached hydrogen (secondary N) is 2. The monoisotopic (exact) mass is 338 g/mol. The van der Waals surface area contributed by atoms with Crippen LogP contribution in [-0.2, 0) is 0 Å². The van der Waals surface area contributed by atoms with Crippen LogP contribution in [0.2, 0.25) is 0 Å². The Labute approximate surface area is 144 Å². The average Bonchev–Trinajstić information content (AvgIpc) is 3.06. The number of anilines is 3. The zero-order valence-corrected chi connectivity index (χ0v) is 14.3. The van der Waals surface area contributed by atoms with Crippen LogP contribution in [0.5, 0.6) is 0 Å². The Hall–Kier alpha value is -2.93. The van der Waals surface area contributed by atoms with Crippen molar-refractivity contribution in [1.29, 1.82) is 0 Å². The first-order valence-electron chi connectivity index (χ1n) is 7.42. The van der Waals surface area contributed by atoms with Crippen LogP contribution in [0.1, 0.15) is 11.1 Å². The summed E-state index contributed by atoms with van der Waals surface area (Å²) < 4.78 is 0. The molecule has 0 fully saturated rings. The third-order valence-electron chi connectivity index (χ3n) is 3.45. The summed E-state index contributed by atoms with van der Waals surface area (Å²) in [6, 6.07) is 11.6. The minimum atomic E-state index is 0.650. The molecule has 0 aliphatic carbocycles. The van der Waals surface area contributed by atoms with Gasteiger partial charge in [-0.05, 0) is 61.4 Å². The van der Waals surface area contributed by atoms with Crippen LogP contribution < -0.4 is 16.6 Å². The van der Waals surface area contributed by atoms with E-state index in [1.165, 1.54) is 11.3 Å². The highest BCUT2D eigenvalue weighted by molar-refractivity contribution is 7.13. The van der Waals surface area contributed by atoms with E-state index >= 15 is 0 Å². The van der Waals surface area contributed by atoms with Gasteiger partial charge in [0.25, 0.3) is 0 Å². The zero-order valence-electron chi connectivity index (χ0n) is 13.4. The van der Waals surface area contributed by atoms with Gasteiger partial charge in [0.2, 0.25) is 5.13 Å². The number of benzene rings is 2. The van der Waals surface area contributed by atoms with Gasteiger partial charge < -0.3 is 16.6 Å². The molecule has 2 aromatic carbocycles. The van der Waals surface area contributed by atoms with Crippen LogP contribution in [0.3, 0.4) is 0 Å². The summed E-state index contributed by atoms with van der Waals surface area (Å²) in [6.07, 6.45) is 1.71. The normalized spacial score (nSPS) is 10.9. The molecule has 0 radical (unpaired) electrons. The van der Waals surface area contributed by atoms with E-state index in [2.05, 4.69) is 26.1 Å². The van der Waals surface area contributed by atoms with Crippen LogP contribution in [-0.4, -0.2) is 4.98 Å². The van der Waals surface area contributed by atoms with Gasteiger partial charge in [-0.15, -0.1) is 21.6 Å². The number of nitrogen functional groups attached to an aromatic ring is 1. The number of thiazole rings is 1. The molecule has 3 rings (SSSR count). The van der Waals surface area contributed by atoms with Crippen molar-refractivity contribution in [3.05, 3.63) is 59.1 Å². The third-order valence-corrected chi connectivity index (χ3v) is 4.11. The van der Waals surface area contributed by atoms with E-state index < -0.39 is 0 Å². The first kappa shape index (κ1) is 15.9. The number of aromatic nitrogens is 1. The van der Waals surface area contributed by atoms with Crippen LogP contribution in [0.4, 0.5) is 27.9 Å². The largest absolute Gasteiger partial charge is 0.399 e. The second-order valence-corrected chi connectivity index (χ2v) is 6.21. The smallest absolute Gasteiger partial charge is 0.229 e. The number of hydrogen-bond acceptors (Lipinski definition) is 7. The Bertz CT molecular complexity index is 858. The minimum Gasteiger partial charge on any atom is -0.399 e. The number of hydrazine groups is 1. The molecule has 0 bridgehead atoms. The molecule has 0 aliphatic rings. The molecule has 0 saturated heterocycles. The third kappa shape index (κ3) is 3.88. The highest BCUT2D eigenvalue weighted by Gasteiger charge is 2.02. The quantitative estimate of drug-likeness (QED) is 0.339. The van der Waals surface area contributed by atoms with Gasteiger partial charge in [-0.3, -0.25) is 0 Å². The molecule has 3 aromatic rings. The number of azo groups is 1. The molecule has 0 amide bonds. The highest BCUT2D eigenvalue weighted by atomic mass is 32.1. The molecular weight excluding hydrogens is 320 g/mol. The van der Waals surface area contributed by atoms with Crippen molar-refractivity contribution in [2.45, 2.75) is 13.8 Å². The summed E-state index contributed by atoms with van der Waals surface area (Å²) in [4.78, 5) is 4.08. The van der Waals surface area contributed by atoms with Crippen molar-refractivity contribution in [2.24, 2.45) is 10.2 Å². The van der Waals surface area contributed by atoms with E-state index in [1.54, 1.807) is 6.20 Å². The Balaban J connectivity index is 1.68. The van der Waals surface area contributed by atoms with Gasteiger partial charge in [0.15, 0.2) is 0 Å². The topological polar surface area (TPSA) is 87.7 Å². The SMILES string of the molecule is Cc1cc(NNc2ccc(N)cc2C)ccc1/N=N/c1nccs1. The lowest BCUT2D eigenvalue weighted by Crippen LogP contribution is -2.09. The molecular formula is C17H18N6S. The summed E-state index contributed by atoms with van der Waals surface area (Å²) in [5, 5.41) is 10.9. The van der Waals surface area contributed by atoms with Gasteiger partial charge in [0.05, 0.1) is 17.1 Å². The summed E-state index contributed by atoms with van der Waals surface area (Å²) in [6.45, 7) is 4.00. The van der Waals surface area contributed by atoms with E-state index in [-0.39, 0.29) is 0 Å². The van der Waals surface area contributed by atoms with Gasteiger partial charge in [-0.25, -0.2) is 4.98 Å². The minimum absolute atomic E-state index is 0.650. The predicted molar refractivity (Wildman–Crippen MR) is 100 cm³/mol. The number of nitrogens with two attached hydrogens (primary N) is 1. The maximum Gasteiger partial charge on any atom is 0.229 e. The zero-order chi connectivity index (χ0) is 16.9. The summed E-state index contributed by atoms with van der Waals surface area (Å²) in [5.74, 6) is 0. The molecule has 1 aromatic heterocycles. The Morgan fingerprint density at radius 3 is 2.58 bits per heavy atom. The molecule has 0 atom stereocenters. The van der Waals surface area contributed by atoms with Crippen molar-refractivity contribution in [3.8, 4) is 0 Å². The van der Waals surface area contributed by atoms with E-state index in [0.717, 1.165) is 33.9 Å². The highest BCUT2D eigenvalue weighted by Crippen LogP contribution is 2.26. The van der Waals surface area contributed by atoms with Gasteiger partial charge in [-0.1, -0.05) is 0 Å². The second kappa shape index (κ2) is 7.10. The summed E-state index contributed by atoms with van der Waals surface area (Å²) in [7, 11) is 0. The maximum absolute atomic E-state index is 5.76. The van der Waals surface area contributed by atoms with E-state index in [1.807, 2.05) is 55.6 Å². The van der Waals surface area contributed by atoms with Crippen LogP contribution in [0.25, 0.3) is 0 Å². The molecule has 0 spiro atoms. The lowest BCUT2D eigenvalue weighted by molar-refractivity contribution is 1.18. The predicted octanol–water partition coefficient (Wildman–Crippen LogP) is 5.20. The number of aryl methyl sites for hydroxylation is 2. The van der Waals surface area contributed by atoms with E-state index in [0.29, 0.717) is 5.13 Å². The van der Waals surface area contributed by atoms with Crippen LogP contribution in [0, 0.1) is 13.8 Å². The maximum atomic E-state index is 5.76. The van der Waals surface area contributed by atoms with Crippen molar-refractivity contribution >= 4 is 39.2 Å². The number of hydrogen-bond donors (Lipinski definition) is 3. The molecule has 6 nitrogen and oxygen atoms in total. The van der Waals surface area contributed by atoms with Gasteiger partial charge in [0.1, 0.15) is 0 Å². The molecule has 0 unspecified atom stereocenters. The Morgan fingerprint density at radius 1 is 1.00 bits per heavy atom. The molecule has 122 valence electrons. The van der Waals surface area contributed by atoms with Crippen LogP contribution >= 0.6 is 11.3 Å². The van der Waals surface area contributed by atoms with Crippen LogP contribution in [0.15, 0.2) is 58.2 Å².